The third kappa shape index (κ3) is 4.14. The van der Waals surface area contributed by atoms with Gasteiger partial charge in [-0.05, 0) is 62.6 Å². The Hall–Kier alpha value is -1.88. The topological polar surface area (TPSA) is 41.4 Å². The minimum atomic E-state index is 0.123. The molecule has 1 aromatic carbocycles. The van der Waals surface area contributed by atoms with E-state index in [1.807, 2.05) is 4.57 Å². The lowest BCUT2D eigenvalue weighted by atomic mass is 9.90. The van der Waals surface area contributed by atoms with E-state index in [0.717, 1.165) is 61.4 Å². The predicted molar refractivity (Wildman–Crippen MR) is 125 cm³/mol. The fourth-order valence-corrected chi connectivity index (χ4v) is 5.67. The fraction of sp³-hybridized carbons (Fsp3) is 0.680. The Bertz CT molecular complexity index is 921. The third-order valence-electron chi connectivity index (χ3n) is 6.95. The highest BCUT2D eigenvalue weighted by Gasteiger charge is 2.31. The Morgan fingerprint density at radius 2 is 1.80 bits per heavy atom. The van der Waals surface area contributed by atoms with Crippen molar-refractivity contribution in [3.05, 3.63) is 34.4 Å². The Kier molecular flexibility index (Phi) is 6.47. The lowest BCUT2D eigenvalue weighted by molar-refractivity contribution is 0.0836. The van der Waals surface area contributed by atoms with Crippen LogP contribution in [-0.4, -0.2) is 40.6 Å². The maximum atomic E-state index is 13.6. The normalized spacial score (nSPS) is 23.9. The van der Waals surface area contributed by atoms with Gasteiger partial charge in [0, 0.05) is 38.4 Å². The number of benzene rings is 1. The van der Waals surface area contributed by atoms with Gasteiger partial charge in [-0.25, -0.2) is 4.98 Å². The Morgan fingerprint density at radius 1 is 1.10 bits per heavy atom. The molecule has 2 aromatic rings. The van der Waals surface area contributed by atoms with E-state index in [2.05, 4.69) is 55.7 Å². The smallest absolute Gasteiger partial charge is 0.261 e. The van der Waals surface area contributed by atoms with Gasteiger partial charge in [0.05, 0.1) is 16.9 Å². The van der Waals surface area contributed by atoms with E-state index in [4.69, 9.17) is 4.98 Å². The number of piperidine rings is 1. The van der Waals surface area contributed by atoms with Crippen LogP contribution in [0.2, 0.25) is 0 Å². The van der Waals surface area contributed by atoms with E-state index in [0.29, 0.717) is 18.4 Å². The summed E-state index contributed by atoms with van der Waals surface area (Å²) in [6, 6.07) is 6.51. The van der Waals surface area contributed by atoms with Crippen LogP contribution in [0.1, 0.15) is 71.7 Å². The van der Waals surface area contributed by atoms with E-state index in [1.165, 1.54) is 19.3 Å². The van der Waals surface area contributed by atoms with E-state index in [9.17, 15) is 4.79 Å². The number of aromatic nitrogens is 2. The molecule has 0 N–H and O–H groups in total. The van der Waals surface area contributed by atoms with E-state index >= 15 is 0 Å². The highest BCUT2D eigenvalue weighted by atomic mass is 16.1. The lowest BCUT2D eigenvalue weighted by Gasteiger charge is -2.40. The molecule has 4 rings (SSSR count). The highest BCUT2D eigenvalue weighted by Crippen LogP contribution is 2.32. The van der Waals surface area contributed by atoms with Gasteiger partial charge in [0.15, 0.2) is 0 Å². The first kappa shape index (κ1) is 21.4. The summed E-state index contributed by atoms with van der Waals surface area (Å²) < 4.78 is 1.94. The Labute approximate surface area is 181 Å². The monoisotopic (exact) mass is 410 g/mol. The van der Waals surface area contributed by atoms with Crippen LogP contribution in [-0.2, 0) is 6.54 Å². The van der Waals surface area contributed by atoms with Crippen LogP contribution in [0, 0.1) is 11.8 Å². The molecule has 3 heterocycles. The average molecular weight is 411 g/mol. The predicted octanol–water partition coefficient (Wildman–Crippen LogP) is 4.84. The van der Waals surface area contributed by atoms with Crippen molar-refractivity contribution < 1.29 is 0 Å². The summed E-state index contributed by atoms with van der Waals surface area (Å²) in [5, 5.41) is 0.764. The van der Waals surface area contributed by atoms with Crippen LogP contribution in [0.3, 0.4) is 0 Å². The molecular weight excluding hydrogens is 372 g/mol. The van der Waals surface area contributed by atoms with Crippen LogP contribution in [0.25, 0.3) is 10.9 Å². The largest absolute Gasteiger partial charge is 0.372 e. The highest BCUT2D eigenvalue weighted by molar-refractivity contribution is 5.82. The molecule has 5 nitrogen and oxygen atoms in total. The van der Waals surface area contributed by atoms with Crippen molar-refractivity contribution in [1.29, 1.82) is 0 Å². The number of anilines is 1. The van der Waals surface area contributed by atoms with Gasteiger partial charge in [-0.1, -0.05) is 27.2 Å². The molecule has 0 aliphatic carbocycles. The summed E-state index contributed by atoms with van der Waals surface area (Å²) in [6.45, 7) is 14.1. The van der Waals surface area contributed by atoms with Crippen molar-refractivity contribution >= 4 is 16.6 Å². The summed E-state index contributed by atoms with van der Waals surface area (Å²) in [5.41, 5.74) is 2.14. The second-order valence-electron chi connectivity index (χ2n) is 9.62. The number of nitrogens with zero attached hydrogens (tertiary/aromatic N) is 4. The van der Waals surface area contributed by atoms with E-state index in [-0.39, 0.29) is 11.6 Å². The van der Waals surface area contributed by atoms with Crippen molar-refractivity contribution in [3.8, 4) is 0 Å². The van der Waals surface area contributed by atoms with Crippen LogP contribution < -0.4 is 10.5 Å². The molecule has 1 unspecified atom stereocenters. The standard InChI is InChI=1S/C25H38N4O/c1-5-9-23(28-16-18(3)14-19(4)17-28)24-26-22-11-10-20(27-12-7-8-13-27)15-21(22)25(30)29(24)6-2/h10-11,15,18-19,23H,5-9,12-14,16-17H2,1-4H3/t18-,19+,23?. The molecule has 1 aromatic heterocycles. The molecular formula is C25H38N4O. The molecule has 3 atom stereocenters. The second-order valence-corrected chi connectivity index (χ2v) is 9.62. The molecule has 0 spiro atoms. The molecule has 0 radical (unpaired) electrons. The molecule has 30 heavy (non-hydrogen) atoms. The number of fused-ring (bicyclic) bond motifs is 1. The third-order valence-corrected chi connectivity index (χ3v) is 6.95. The van der Waals surface area contributed by atoms with Crippen LogP contribution >= 0.6 is 0 Å². The summed E-state index contributed by atoms with van der Waals surface area (Å²) in [6.07, 6.45) is 5.90. The quantitative estimate of drug-likeness (QED) is 0.684. The molecule has 0 saturated carbocycles. The van der Waals surface area contributed by atoms with Crippen molar-refractivity contribution in [2.45, 2.75) is 72.4 Å². The number of hydrogen-bond donors (Lipinski definition) is 0. The number of hydrogen-bond acceptors (Lipinski definition) is 4. The summed E-state index contributed by atoms with van der Waals surface area (Å²) in [7, 11) is 0. The first-order valence-electron chi connectivity index (χ1n) is 12.0. The molecule has 2 aliphatic rings. The summed E-state index contributed by atoms with van der Waals surface area (Å²) >= 11 is 0. The molecule has 0 bridgehead atoms. The van der Waals surface area contributed by atoms with Gasteiger partial charge in [0.2, 0.25) is 0 Å². The zero-order chi connectivity index (χ0) is 21.3. The van der Waals surface area contributed by atoms with Crippen molar-refractivity contribution in [2.24, 2.45) is 11.8 Å². The molecule has 2 aliphatic heterocycles. The van der Waals surface area contributed by atoms with Gasteiger partial charge in [0.1, 0.15) is 5.82 Å². The van der Waals surface area contributed by atoms with E-state index in [1.54, 1.807) is 0 Å². The molecule has 2 fully saturated rings. The second kappa shape index (κ2) is 9.09. The first-order chi connectivity index (χ1) is 14.5. The first-order valence-corrected chi connectivity index (χ1v) is 12.0. The lowest BCUT2D eigenvalue weighted by Crippen LogP contribution is -2.43. The maximum absolute atomic E-state index is 13.6. The maximum Gasteiger partial charge on any atom is 0.261 e. The van der Waals surface area contributed by atoms with Crippen molar-refractivity contribution in [2.75, 3.05) is 31.1 Å². The minimum Gasteiger partial charge on any atom is -0.372 e. The number of rotatable bonds is 6. The number of likely N-dealkylation sites (tertiary alicyclic amines) is 1. The Morgan fingerprint density at radius 3 is 2.43 bits per heavy atom. The summed E-state index contributed by atoms with van der Waals surface area (Å²) in [5.74, 6) is 2.35. The molecule has 2 saturated heterocycles. The molecule has 164 valence electrons. The van der Waals surface area contributed by atoms with Crippen LogP contribution in [0.15, 0.2) is 23.0 Å². The minimum absolute atomic E-state index is 0.123. The van der Waals surface area contributed by atoms with Gasteiger partial charge in [-0.2, -0.15) is 0 Å². The molecule has 5 heteroatoms. The summed E-state index contributed by atoms with van der Waals surface area (Å²) in [4.78, 5) is 23.7. The van der Waals surface area contributed by atoms with Gasteiger partial charge in [-0.15, -0.1) is 0 Å². The van der Waals surface area contributed by atoms with Gasteiger partial charge in [-0.3, -0.25) is 14.3 Å². The van der Waals surface area contributed by atoms with Crippen molar-refractivity contribution in [1.82, 2.24) is 14.5 Å². The van der Waals surface area contributed by atoms with Gasteiger partial charge >= 0.3 is 0 Å². The average Bonchev–Trinajstić information content (AvgIpc) is 3.26. The van der Waals surface area contributed by atoms with Gasteiger partial charge in [0.25, 0.3) is 5.56 Å². The molecule has 0 amide bonds. The SMILES string of the molecule is CCCC(c1nc2ccc(N3CCCC3)cc2c(=O)n1CC)N1C[C@H](C)C[C@H](C)C1. The fourth-order valence-electron chi connectivity index (χ4n) is 5.67. The van der Waals surface area contributed by atoms with Gasteiger partial charge < -0.3 is 4.90 Å². The van der Waals surface area contributed by atoms with Crippen molar-refractivity contribution in [3.63, 3.8) is 0 Å². The zero-order valence-corrected chi connectivity index (χ0v) is 19.2. The van der Waals surface area contributed by atoms with Crippen LogP contribution in [0.4, 0.5) is 5.69 Å². The zero-order valence-electron chi connectivity index (χ0n) is 19.2. The van der Waals surface area contributed by atoms with E-state index < -0.39 is 0 Å². The van der Waals surface area contributed by atoms with Crippen LogP contribution in [0.5, 0.6) is 0 Å². The Balaban J connectivity index is 1.78.